The molecule has 0 spiro atoms. The van der Waals surface area contributed by atoms with Gasteiger partial charge in [0.1, 0.15) is 5.82 Å². The number of nitrogens with zero attached hydrogens (tertiary/aromatic N) is 2. The maximum absolute atomic E-state index is 5.58. The van der Waals surface area contributed by atoms with E-state index in [2.05, 4.69) is 40.7 Å². The van der Waals surface area contributed by atoms with Gasteiger partial charge in [0.05, 0.1) is 0 Å². The minimum absolute atomic E-state index is 0.630. The van der Waals surface area contributed by atoms with Crippen molar-refractivity contribution in [1.82, 2.24) is 9.55 Å². The average molecular weight is 215 g/mol. The van der Waals surface area contributed by atoms with Crippen LogP contribution in [-0.2, 0) is 12.8 Å². The van der Waals surface area contributed by atoms with Crippen LogP contribution in [0.2, 0.25) is 0 Å². The lowest BCUT2D eigenvalue weighted by atomic mass is 10.1. The summed E-state index contributed by atoms with van der Waals surface area (Å²) in [5.74, 6) is 1.03. The molecule has 84 valence electrons. The Bertz CT molecular complexity index is 460. The topological polar surface area (TPSA) is 43.8 Å². The third-order valence-corrected chi connectivity index (χ3v) is 2.72. The molecule has 1 heterocycles. The quantitative estimate of drug-likeness (QED) is 0.847. The average Bonchev–Trinajstić information content (AvgIpc) is 2.77. The number of aromatic nitrogens is 2. The Morgan fingerprint density at radius 1 is 1.31 bits per heavy atom. The summed E-state index contributed by atoms with van der Waals surface area (Å²) in [5, 5.41) is 0. The van der Waals surface area contributed by atoms with Crippen LogP contribution in [0.4, 0.5) is 0 Å². The first kappa shape index (κ1) is 10.9. The summed E-state index contributed by atoms with van der Waals surface area (Å²) < 4.78 is 2.13. The number of hydrogen-bond acceptors (Lipinski definition) is 2. The van der Waals surface area contributed by atoms with Crippen LogP contribution in [0.5, 0.6) is 0 Å². The molecule has 2 rings (SSSR count). The molecule has 1 aromatic heterocycles. The minimum atomic E-state index is 0.630. The van der Waals surface area contributed by atoms with E-state index in [9.17, 15) is 0 Å². The van der Waals surface area contributed by atoms with Gasteiger partial charge in [-0.2, -0.15) is 0 Å². The van der Waals surface area contributed by atoms with Crippen molar-refractivity contribution < 1.29 is 0 Å². The van der Waals surface area contributed by atoms with E-state index >= 15 is 0 Å². The van der Waals surface area contributed by atoms with Crippen LogP contribution in [-0.4, -0.2) is 16.1 Å². The highest BCUT2D eigenvalue weighted by Gasteiger charge is 2.06. The highest BCUT2D eigenvalue weighted by atomic mass is 15.1. The minimum Gasteiger partial charge on any atom is -0.330 e. The van der Waals surface area contributed by atoms with Gasteiger partial charge < -0.3 is 10.3 Å². The maximum atomic E-state index is 5.58. The first-order valence-electron chi connectivity index (χ1n) is 5.67. The van der Waals surface area contributed by atoms with Gasteiger partial charge in [-0.1, -0.05) is 25.1 Å². The van der Waals surface area contributed by atoms with E-state index in [1.165, 1.54) is 11.3 Å². The summed E-state index contributed by atoms with van der Waals surface area (Å²) in [7, 11) is 0. The van der Waals surface area contributed by atoms with Gasteiger partial charge in [0, 0.05) is 24.5 Å². The van der Waals surface area contributed by atoms with Crippen LogP contribution in [0.3, 0.4) is 0 Å². The molecule has 0 aliphatic heterocycles. The second kappa shape index (κ2) is 4.94. The molecule has 0 aliphatic carbocycles. The second-order valence-corrected chi connectivity index (χ2v) is 3.73. The van der Waals surface area contributed by atoms with Crippen molar-refractivity contribution in [3.63, 3.8) is 0 Å². The summed E-state index contributed by atoms with van der Waals surface area (Å²) in [4.78, 5) is 4.34. The molecule has 3 heteroatoms. The SMILES string of the molecule is CCc1ccccc1-n1ccnc1CCN. The van der Waals surface area contributed by atoms with Gasteiger partial charge in [0.2, 0.25) is 0 Å². The molecule has 16 heavy (non-hydrogen) atoms. The third-order valence-electron chi connectivity index (χ3n) is 2.72. The molecule has 2 N–H and O–H groups in total. The molecule has 0 aliphatic rings. The van der Waals surface area contributed by atoms with Gasteiger partial charge in [-0.3, -0.25) is 0 Å². The summed E-state index contributed by atoms with van der Waals surface area (Å²) in [6.07, 6.45) is 5.67. The third kappa shape index (κ3) is 1.99. The fraction of sp³-hybridized carbons (Fsp3) is 0.308. The van der Waals surface area contributed by atoms with Gasteiger partial charge in [-0.05, 0) is 24.6 Å². The van der Waals surface area contributed by atoms with Crippen LogP contribution in [0.15, 0.2) is 36.7 Å². The molecule has 0 atom stereocenters. The van der Waals surface area contributed by atoms with Crippen LogP contribution in [0.25, 0.3) is 5.69 Å². The first-order chi connectivity index (χ1) is 7.86. The molecule has 0 fully saturated rings. The Balaban J connectivity index is 2.45. The lowest BCUT2D eigenvalue weighted by Gasteiger charge is -2.11. The Hall–Kier alpha value is -1.61. The summed E-state index contributed by atoms with van der Waals surface area (Å²) in [6, 6.07) is 8.41. The predicted octanol–water partition coefficient (Wildman–Crippen LogP) is 1.94. The van der Waals surface area contributed by atoms with Crippen molar-refractivity contribution in [1.29, 1.82) is 0 Å². The van der Waals surface area contributed by atoms with Crippen LogP contribution >= 0.6 is 0 Å². The van der Waals surface area contributed by atoms with Gasteiger partial charge in [-0.25, -0.2) is 4.98 Å². The molecular weight excluding hydrogens is 198 g/mol. The zero-order chi connectivity index (χ0) is 11.4. The first-order valence-corrected chi connectivity index (χ1v) is 5.67. The van der Waals surface area contributed by atoms with Crippen LogP contribution in [0.1, 0.15) is 18.3 Å². The molecule has 0 bridgehead atoms. The van der Waals surface area contributed by atoms with Crippen molar-refractivity contribution in [3.05, 3.63) is 48.0 Å². The number of benzene rings is 1. The number of rotatable bonds is 4. The Morgan fingerprint density at radius 3 is 2.88 bits per heavy atom. The zero-order valence-corrected chi connectivity index (χ0v) is 9.56. The predicted molar refractivity (Wildman–Crippen MR) is 65.7 cm³/mol. The number of aryl methyl sites for hydroxylation is 1. The highest BCUT2D eigenvalue weighted by molar-refractivity contribution is 5.42. The molecule has 3 nitrogen and oxygen atoms in total. The Labute approximate surface area is 95.9 Å². The largest absolute Gasteiger partial charge is 0.330 e. The number of para-hydroxylation sites is 1. The second-order valence-electron chi connectivity index (χ2n) is 3.73. The summed E-state index contributed by atoms with van der Waals surface area (Å²) in [6.45, 7) is 2.80. The van der Waals surface area contributed by atoms with Crippen molar-refractivity contribution in [3.8, 4) is 5.69 Å². The van der Waals surface area contributed by atoms with E-state index < -0.39 is 0 Å². The molecule has 0 unspecified atom stereocenters. The zero-order valence-electron chi connectivity index (χ0n) is 9.56. The maximum Gasteiger partial charge on any atom is 0.114 e. The van der Waals surface area contributed by atoms with E-state index in [1.54, 1.807) is 0 Å². The molecule has 0 radical (unpaired) electrons. The Kier molecular flexibility index (Phi) is 3.37. The molecule has 2 aromatic rings. The lowest BCUT2D eigenvalue weighted by molar-refractivity contribution is 0.831. The van der Waals surface area contributed by atoms with Crippen molar-refractivity contribution in [2.24, 2.45) is 5.73 Å². The van der Waals surface area contributed by atoms with Gasteiger partial charge >= 0.3 is 0 Å². The lowest BCUT2D eigenvalue weighted by Crippen LogP contribution is -2.09. The van der Waals surface area contributed by atoms with Crippen LogP contribution < -0.4 is 5.73 Å². The number of nitrogens with two attached hydrogens (primary N) is 1. The van der Waals surface area contributed by atoms with Crippen molar-refractivity contribution in [2.45, 2.75) is 19.8 Å². The van der Waals surface area contributed by atoms with Gasteiger partial charge in [0.25, 0.3) is 0 Å². The molecule has 0 amide bonds. The standard InChI is InChI=1S/C13H17N3/c1-2-11-5-3-4-6-12(11)16-10-9-15-13(16)7-8-14/h3-6,9-10H,2,7-8,14H2,1H3. The smallest absolute Gasteiger partial charge is 0.114 e. The fourth-order valence-electron chi connectivity index (χ4n) is 1.91. The van der Waals surface area contributed by atoms with E-state index in [0.717, 1.165) is 18.7 Å². The van der Waals surface area contributed by atoms with E-state index in [-0.39, 0.29) is 0 Å². The van der Waals surface area contributed by atoms with Gasteiger partial charge in [0.15, 0.2) is 0 Å². The summed E-state index contributed by atoms with van der Waals surface area (Å²) >= 11 is 0. The molecule has 1 aromatic carbocycles. The summed E-state index contributed by atoms with van der Waals surface area (Å²) in [5.41, 5.74) is 8.13. The van der Waals surface area contributed by atoms with E-state index in [0.29, 0.717) is 6.54 Å². The van der Waals surface area contributed by atoms with Crippen molar-refractivity contribution >= 4 is 0 Å². The van der Waals surface area contributed by atoms with Crippen molar-refractivity contribution in [2.75, 3.05) is 6.54 Å². The highest BCUT2D eigenvalue weighted by Crippen LogP contribution is 2.16. The number of imidazole rings is 1. The number of hydrogen-bond donors (Lipinski definition) is 1. The van der Waals surface area contributed by atoms with Crippen LogP contribution in [0, 0.1) is 0 Å². The monoisotopic (exact) mass is 215 g/mol. The van der Waals surface area contributed by atoms with E-state index in [4.69, 9.17) is 5.73 Å². The van der Waals surface area contributed by atoms with E-state index in [1.807, 2.05) is 12.4 Å². The normalized spacial score (nSPS) is 10.6. The molecule has 0 saturated carbocycles. The fourth-order valence-corrected chi connectivity index (χ4v) is 1.91. The molecule has 0 saturated heterocycles. The van der Waals surface area contributed by atoms with Gasteiger partial charge in [-0.15, -0.1) is 0 Å². The molecular formula is C13H17N3. The Morgan fingerprint density at radius 2 is 2.12 bits per heavy atom.